The van der Waals surface area contributed by atoms with Gasteiger partial charge in [0.15, 0.2) is 0 Å². The molecular formula is C18H22ClN3O2S. The van der Waals surface area contributed by atoms with Crippen molar-refractivity contribution in [1.82, 2.24) is 14.9 Å². The Labute approximate surface area is 156 Å². The van der Waals surface area contributed by atoms with E-state index in [9.17, 15) is 0 Å². The van der Waals surface area contributed by atoms with E-state index in [1.165, 1.54) is 10.4 Å². The monoisotopic (exact) mass is 379 g/mol. The highest BCUT2D eigenvalue weighted by Crippen LogP contribution is 2.49. The topological polar surface area (TPSA) is 48.3 Å². The molecule has 2 aromatic rings. The van der Waals surface area contributed by atoms with Crippen LogP contribution < -0.4 is 5.32 Å². The molecule has 1 spiro atoms. The normalized spacial score (nSPS) is 31.8. The maximum atomic E-state index is 6.42. The van der Waals surface area contributed by atoms with Gasteiger partial charge in [0.2, 0.25) is 0 Å². The summed E-state index contributed by atoms with van der Waals surface area (Å²) in [6, 6.07) is 2.68. The second-order valence-corrected chi connectivity index (χ2v) is 9.04. The van der Waals surface area contributed by atoms with Gasteiger partial charge < -0.3 is 19.4 Å². The molecule has 0 aromatic carbocycles. The van der Waals surface area contributed by atoms with Gasteiger partial charge in [-0.3, -0.25) is 0 Å². The smallest absolute Gasteiger partial charge is 0.135 e. The Morgan fingerprint density at radius 2 is 2.32 bits per heavy atom. The fourth-order valence-electron chi connectivity index (χ4n) is 4.53. The van der Waals surface area contributed by atoms with E-state index in [0.29, 0.717) is 12.6 Å². The summed E-state index contributed by atoms with van der Waals surface area (Å²) in [5.74, 6) is 1.03. The van der Waals surface area contributed by atoms with Crippen LogP contribution in [0.1, 0.15) is 47.8 Å². The number of fused-ring (bicyclic) bond motifs is 3. The fourth-order valence-corrected chi connectivity index (χ4v) is 5.99. The van der Waals surface area contributed by atoms with Crippen molar-refractivity contribution in [3.8, 4) is 0 Å². The molecule has 1 saturated heterocycles. The Morgan fingerprint density at radius 1 is 1.40 bits per heavy atom. The lowest BCUT2D eigenvalue weighted by Gasteiger charge is -2.45. The highest BCUT2D eigenvalue weighted by Gasteiger charge is 2.46. The Bertz CT molecular complexity index is 781. The molecule has 3 aliphatic rings. The molecule has 5 rings (SSSR count). The number of ether oxygens (including phenoxy) is 2. The second kappa shape index (κ2) is 6.06. The number of rotatable bonds is 1. The second-order valence-electron chi connectivity index (χ2n) is 7.35. The molecule has 25 heavy (non-hydrogen) atoms. The summed E-state index contributed by atoms with van der Waals surface area (Å²) in [6.07, 6.45) is 5.03. The van der Waals surface area contributed by atoms with Crippen molar-refractivity contribution in [3.05, 3.63) is 38.6 Å². The highest BCUT2D eigenvalue weighted by atomic mass is 35.5. The molecule has 5 nitrogen and oxygen atoms in total. The number of nitrogens with zero attached hydrogens (tertiary/aromatic N) is 2. The third kappa shape index (κ3) is 2.75. The van der Waals surface area contributed by atoms with Crippen molar-refractivity contribution in [2.75, 3.05) is 13.2 Å². The van der Waals surface area contributed by atoms with Gasteiger partial charge in [-0.25, -0.2) is 4.98 Å². The Balaban J connectivity index is 1.50. The number of aromatic nitrogens is 2. The van der Waals surface area contributed by atoms with Gasteiger partial charge in [-0.05, 0) is 31.4 Å². The van der Waals surface area contributed by atoms with Crippen LogP contribution in [0.15, 0.2) is 12.3 Å². The zero-order valence-electron chi connectivity index (χ0n) is 14.3. The molecule has 0 bridgehead atoms. The summed E-state index contributed by atoms with van der Waals surface area (Å²) in [4.78, 5) is 6.17. The van der Waals surface area contributed by atoms with E-state index in [2.05, 4.69) is 29.1 Å². The summed E-state index contributed by atoms with van der Waals surface area (Å²) >= 11 is 8.02. The zero-order valence-corrected chi connectivity index (χ0v) is 15.8. The predicted octanol–water partition coefficient (Wildman–Crippen LogP) is 3.41. The number of piperidine rings is 1. The van der Waals surface area contributed by atoms with Gasteiger partial charge in [0.25, 0.3) is 0 Å². The van der Waals surface area contributed by atoms with Crippen LogP contribution in [0.5, 0.6) is 0 Å². The summed E-state index contributed by atoms with van der Waals surface area (Å²) in [7, 11) is 0. The van der Waals surface area contributed by atoms with Gasteiger partial charge in [0, 0.05) is 30.1 Å². The van der Waals surface area contributed by atoms with Crippen molar-refractivity contribution < 1.29 is 9.47 Å². The third-order valence-electron chi connectivity index (χ3n) is 5.54. The van der Waals surface area contributed by atoms with Gasteiger partial charge in [0.05, 0.1) is 29.3 Å². The van der Waals surface area contributed by atoms with Gasteiger partial charge >= 0.3 is 0 Å². The van der Waals surface area contributed by atoms with Crippen molar-refractivity contribution >= 4 is 22.9 Å². The number of nitrogens with one attached hydrogen (secondary N) is 1. The SMILES string of the molecule is CC1CC2(CC(c3cn4c(n3)COCC4)N1)OCCc1cc(Cl)sc12. The summed E-state index contributed by atoms with van der Waals surface area (Å²) in [5.41, 5.74) is 2.23. The van der Waals surface area contributed by atoms with Crippen LogP contribution >= 0.6 is 22.9 Å². The first-order valence-corrected chi connectivity index (χ1v) is 10.1. The molecule has 1 N–H and O–H groups in total. The fraction of sp³-hybridized carbons (Fsp3) is 0.611. The van der Waals surface area contributed by atoms with Gasteiger partial charge in [-0.1, -0.05) is 11.6 Å². The van der Waals surface area contributed by atoms with Crippen LogP contribution in [-0.4, -0.2) is 28.8 Å². The third-order valence-corrected chi connectivity index (χ3v) is 7.03. The number of thiophene rings is 1. The van der Waals surface area contributed by atoms with Crippen LogP contribution in [0.4, 0.5) is 0 Å². The first kappa shape index (κ1) is 16.3. The molecule has 5 heterocycles. The molecule has 0 saturated carbocycles. The molecule has 2 aromatic heterocycles. The first-order valence-electron chi connectivity index (χ1n) is 8.95. The number of hydrogen-bond donors (Lipinski definition) is 1. The quantitative estimate of drug-likeness (QED) is 0.824. The van der Waals surface area contributed by atoms with Crippen molar-refractivity contribution in [2.45, 2.75) is 57.0 Å². The largest absolute Gasteiger partial charge is 0.372 e. The van der Waals surface area contributed by atoms with E-state index < -0.39 is 0 Å². The van der Waals surface area contributed by atoms with Crippen LogP contribution in [0.2, 0.25) is 4.34 Å². The van der Waals surface area contributed by atoms with E-state index >= 15 is 0 Å². The summed E-state index contributed by atoms with van der Waals surface area (Å²) in [6.45, 7) is 5.26. The molecular weight excluding hydrogens is 358 g/mol. The van der Waals surface area contributed by atoms with Crippen molar-refractivity contribution in [3.63, 3.8) is 0 Å². The molecule has 0 amide bonds. The Morgan fingerprint density at radius 3 is 3.20 bits per heavy atom. The standard InChI is InChI=1S/C18H22ClN3O2S/c1-11-7-18(17-12(2-4-24-18)6-15(19)25-17)8-13(20-11)14-9-22-3-5-23-10-16(22)21-14/h6,9,11,13,20H,2-5,7-8,10H2,1H3. The van der Waals surface area contributed by atoms with E-state index in [0.717, 1.165) is 54.9 Å². The van der Waals surface area contributed by atoms with Crippen LogP contribution in [-0.2, 0) is 34.6 Å². The van der Waals surface area contributed by atoms with Crippen LogP contribution in [0, 0.1) is 0 Å². The Kier molecular flexibility index (Phi) is 3.95. The van der Waals surface area contributed by atoms with E-state index in [1.807, 2.05) is 0 Å². The molecule has 134 valence electrons. The molecule has 3 aliphatic heterocycles. The van der Waals surface area contributed by atoms with E-state index in [1.54, 1.807) is 11.3 Å². The molecule has 3 unspecified atom stereocenters. The minimum absolute atomic E-state index is 0.189. The average Bonchev–Trinajstić information content (AvgIpc) is 3.18. The minimum Gasteiger partial charge on any atom is -0.372 e. The maximum Gasteiger partial charge on any atom is 0.135 e. The summed E-state index contributed by atoms with van der Waals surface area (Å²) < 4.78 is 15.0. The lowest BCUT2D eigenvalue weighted by molar-refractivity contribution is -0.0957. The van der Waals surface area contributed by atoms with E-state index in [4.69, 9.17) is 26.1 Å². The zero-order chi connectivity index (χ0) is 17.0. The number of imidazole rings is 1. The van der Waals surface area contributed by atoms with Crippen LogP contribution in [0.3, 0.4) is 0 Å². The van der Waals surface area contributed by atoms with Gasteiger partial charge in [-0.2, -0.15) is 0 Å². The van der Waals surface area contributed by atoms with Gasteiger partial charge in [0.1, 0.15) is 18.0 Å². The Hall–Kier alpha value is -0.920. The average molecular weight is 380 g/mol. The van der Waals surface area contributed by atoms with Crippen molar-refractivity contribution in [1.29, 1.82) is 0 Å². The van der Waals surface area contributed by atoms with Crippen molar-refractivity contribution in [2.24, 2.45) is 0 Å². The lowest BCUT2D eigenvalue weighted by atomic mass is 9.79. The van der Waals surface area contributed by atoms with E-state index in [-0.39, 0.29) is 11.6 Å². The van der Waals surface area contributed by atoms with Crippen LogP contribution in [0.25, 0.3) is 0 Å². The minimum atomic E-state index is -0.235. The number of halogens is 1. The predicted molar refractivity (Wildman–Crippen MR) is 97.1 cm³/mol. The molecule has 7 heteroatoms. The molecule has 3 atom stereocenters. The lowest BCUT2D eigenvalue weighted by Crippen LogP contribution is -2.49. The maximum absolute atomic E-state index is 6.42. The first-order chi connectivity index (χ1) is 12.1. The molecule has 1 fully saturated rings. The molecule has 0 aliphatic carbocycles. The highest BCUT2D eigenvalue weighted by molar-refractivity contribution is 7.16. The summed E-state index contributed by atoms with van der Waals surface area (Å²) in [5, 5.41) is 3.73. The molecule has 0 radical (unpaired) electrons. The number of hydrogen-bond acceptors (Lipinski definition) is 5. The van der Waals surface area contributed by atoms with Gasteiger partial charge in [-0.15, -0.1) is 11.3 Å².